The maximum atomic E-state index is 6.11. The highest BCUT2D eigenvalue weighted by molar-refractivity contribution is 6.22. The molecule has 0 unspecified atom stereocenters. The van der Waals surface area contributed by atoms with Crippen molar-refractivity contribution in [2.24, 2.45) is 0 Å². The Kier molecular flexibility index (Phi) is 3.63. The van der Waals surface area contributed by atoms with E-state index in [0.717, 1.165) is 50.0 Å². The summed E-state index contributed by atoms with van der Waals surface area (Å²) in [5.41, 5.74) is 7.20. The number of nitrogens with zero attached hydrogens (tertiary/aromatic N) is 3. The molecule has 0 radical (unpaired) electrons. The van der Waals surface area contributed by atoms with Crippen LogP contribution in [0.1, 0.15) is 0 Å². The van der Waals surface area contributed by atoms with Gasteiger partial charge in [0.05, 0.1) is 5.52 Å². The predicted octanol–water partition coefficient (Wildman–Crippen LogP) is 8.02. The summed E-state index contributed by atoms with van der Waals surface area (Å²) in [7, 11) is 0. The quantitative estimate of drug-likeness (QED) is 0.268. The second-order valence-corrected chi connectivity index (χ2v) is 8.88. The summed E-state index contributed by atoms with van der Waals surface area (Å²) < 4.78 is 10.8. The molecule has 0 bridgehead atoms. The highest BCUT2D eigenvalue weighted by atomic mass is 16.3. The Bertz CT molecular complexity index is 2060. The third-order valence-corrected chi connectivity index (χ3v) is 6.96. The third-order valence-electron chi connectivity index (χ3n) is 6.96. The topological polar surface area (TPSA) is 35.9 Å². The van der Waals surface area contributed by atoms with E-state index in [9.17, 15) is 0 Å². The first-order valence-corrected chi connectivity index (χ1v) is 11.7. The molecule has 35 heavy (non-hydrogen) atoms. The smallest absolute Gasteiger partial charge is 0.146 e. The maximum absolute atomic E-state index is 6.11. The van der Waals surface area contributed by atoms with E-state index in [1.54, 1.807) is 0 Å². The molecule has 0 aliphatic heterocycles. The van der Waals surface area contributed by atoms with E-state index in [-0.39, 0.29) is 0 Å². The second kappa shape index (κ2) is 6.84. The number of pyridine rings is 1. The van der Waals surface area contributed by atoms with E-state index in [4.69, 9.17) is 9.40 Å². The van der Waals surface area contributed by atoms with Crippen LogP contribution in [0.15, 0.2) is 120 Å². The van der Waals surface area contributed by atoms with Crippen molar-refractivity contribution in [3.63, 3.8) is 0 Å². The first kappa shape index (κ1) is 18.6. The number of hydrogen-bond acceptors (Lipinski definition) is 2. The normalized spacial score (nSPS) is 12.0. The van der Waals surface area contributed by atoms with Gasteiger partial charge in [-0.2, -0.15) is 0 Å². The molecule has 4 nitrogen and oxygen atoms in total. The molecule has 0 saturated carbocycles. The van der Waals surface area contributed by atoms with Crippen molar-refractivity contribution in [1.29, 1.82) is 0 Å². The Morgan fingerprint density at radius 3 is 2.20 bits per heavy atom. The highest BCUT2D eigenvalue weighted by Crippen LogP contribution is 2.40. The molecule has 0 spiro atoms. The van der Waals surface area contributed by atoms with Gasteiger partial charge in [-0.3, -0.25) is 9.13 Å². The fourth-order valence-electron chi connectivity index (χ4n) is 5.51. The van der Waals surface area contributed by atoms with Gasteiger partial charge in [0.1, 0.15) is 22.5 Å². The molecule has 0 atom stereocenters. The minimum absolute atomic E-state index is 0.888. The zero-order valence-electron chi connectivity index (χ0n) is 18.7. The molecule has 0 N–H and O–H groups in total. The predicted molar refractivity (Wildman–Crippen MR) is 143 cm³/mol. The molecule has 4 aromatic heterocycles. The number of benzene rings is 4. The van der Waals surface area contributed by atoms with Gasteiger partial charge < -0.3 is 4.42 Å². The van der Waals surface area contributed by atoms with Crippen molar-refractivity contribution >= 4 is 54.9 Å². The summed E-state index contributed by atoms with van der Waals surface area (Å²) in [6.07, 6.45) is 1.87. The van der Waals surface area contributed by atoms with Crippen molar-refractivity contribution in [3.8, 4) is 11.4 Å². The van der Waals surface area contributed by atoms with Gasteiger partial charge in [-0.15, -0.1) is 0 Å². The first-order valence-electron chi connectivity index (χ1n) is 11.7. The van der Waals surface area contributed by atoms with Gasteiger partial charge in [0.25, 0.3) is 0 Å². The summed E-state index contributed by atoms with van der Waals surface area (Å²) in [4.78, 5) is 4.86. The zero-order chi connectivity index (χ0) is 22.9. The molecular formula is C31H19N3O. The molecule has 0 saturated heterocycles. The molecule has 0 fully saturated rings. The number of fused-ring (bicyclic) bond motifs is 8. The SMILES string of the molecule is c1ccc(-n2c3ccccc3c3c4cccnc4n(-c4ccc5oc6ccccc6c5c4)c32)cc1. The Labute approximate surface area is 200 Å². The molecule has 4 heterocycles. The maximum Gasteiger partial charge on any atom is 0.146 e. The molecule has 4 aromatic carbocycles. The standard InChI is InChI=1S/C31H19N3O/c1-2-9-20(10-3-1)33-26-14-6-4-12-23(26)29-24-13-8-18-32-30(24)34(31(29)33)21-16-17-28-25(19-21)22-11-5-7-15-27(22)35-28/h1-19H. The Hall–Kier alpha value is -4.83. The van der Waals surface area contributed by atoms with E-state index in [2.05, 4.69) is 100 Å². The van der Waals surface area contributed by atoms with Crippen LogP contribution < -0.4 is 0 Å². The van der Waals surface area contributed by atoms with Crippen LogP contribution in [0.5, 0.6) is 0 Å². The Balaban J connectivity index is 1.58. The molecular weight excluding hydrogens is 430 g/mol. The van der Waals surface area contributed by atoms with Crippen LogP contribution >= 0.6 is 0 Å². The van der Waals surface area contributed by atoms with Crippen LogP contribution in [-0.2, 0) is 0 Å². The minimum atomic E-state index is 0.888. The van der Waals surface area contributed by atoms with Crippen molar-refractivity contribution in [3.05, 3.63) is 115 Å². The van der Waals surface area contributed by atoms with Crippen LogP contribution in [0.2, 0.25) is 0 Å². The fourth-order valence-corrected chi connectivity index (χ4v) is 5.51. The van der Waals surface area contributed by atoms with Crippen LogP contribution in [0.4, 0.5) is 0 Å². The lowest BCUT2D eigenvalue weighted by molar-refractivity contribution is 0.669. The molecule has 0 aliphatic carbocycles. The van der Waals surface area contributed by atoms with Crippen LogP contribution in [0.3, 0.4) is 0 Å². The van der Waals surface area contributed by atoms with Crippen molar-refractivity contribution in [2.45, 2.75) is 0 Å². The lowest BCUT2D eigenvalue weighted by atomic mass is 10.1. The zero-order valence-corrected chi connectivity index (χ0v) is 18.7. The summed E-state index contributed by atoms with van der Waals surface area (Å²) in [6, 6.07) is 38.0. The van der Waals surface area contributed by atoms with Gasteiger partial charge in [0, 0.05) is 44.5 Å². The monoisotopic (exact) mass is 449 g/mol. The number of hydrogen-bond donors (Lipinski definition) is 0. The average molecular weight is 450 g/mol. The van der Waals surface area contributed by atoms with Crippen molar-refractivity contribution < 1.29 is 4.42 Å². The second-order valence-electron chi connectivity index (χ2n) is 8.88. The van der Waals surface area contributed by atoms with E-state index in [0.29, 0.717) is 0 Å². The molecule has 8 rings (SSSR count). The molecule has 0 amide bonds. The first-order chi connectivity index (χ1) is 17.4. The summed E-state index contributed by atoms with van der Waals surface area (Å²) in [5, 5.41) is 5.80. The number of aromatic nitrogens is 3. The van der Waals surface area contributed by atoms with Gasteiger partial charge in [-0.05, 0) is 54.6 Å². The summed E-state index contributed by atoms with van der Waals surface area (Å²) in [6.45, 7) is 0. The van der Waals surface area contributed by atoms with Gasteiger partial charge in [0.15, 0.2) is 0 Å². The largest absolute Gasteiger partial charge is 0.456 e. The number of para-hydroxylation sites is 3. The number of furan rings is 1. The molecule has 0 aliphatic rings. The van der Waals surface area contributed by atoms with Gasteiger partial charge in [-0.1, -0.05) is 54.6 Å². The van der Waals surface area contributed by atoms with Gasteiger partial charge in [-0.25, -0.2) is 4.98 Å². The summed E-state index contributed by atoms with van der Waals surface area (Å²) >= 11 is 0. The molecule has 4 heteroatoms. The highest BCUT2D eigenvalue weighted by Gasteiger charge is 2.22. The molecule has 164 valence electrons. The van der Waals surface area contributed by atoms with Crippen LogP contribution in [0.25, 0.3) is 66.3 Å². The van der Waals surface area contributed by atoms with Crippen molar-refractivity contribution in [2.75, 3.05) is 0 Å². The van der Waals surface area contributed by atoms with Gasteiger partial charge >= 0.3 is 0 Å². The fraction of sp³-hybridized carbons (Fsp3) is 0. The van der Waals surface area contributed by atoms with Crippen LogP contribution in [-0.4, -0.2) is 14.1 Å². The number of rotatable bonds is 2. The lowest BCUT2D eigenvalue weighted by Crippen LogP contribution is -2.02. The van der Waals surface area contributed by atoms with Gasteiger partial charge in [0.2, 0.25) is 0 Å². The third kappa shape index (κ3) is 2.48. The van der Waals surface area contributed by atoms with E-state index < -0.39 is 0 Å². The molecule has 8 aromatic rings. The van der Waals surface area contributed by atoms with E-state index in [1.807, 2.05) is 24.4 Å². The average Bonchev–Trinajstić information content (AvgIpc) is 3.56. The minimum Gasteiger partial charge on any atom is -0.456 e. The Morgan fingerprint density at radius 1 is 0.543 bits per heavy atom. The Morgan fingerprint density at radius 2 is 1.29 bits per heavy atom. The lowest BCUT2D eigenvalue weighted by Gasteiger charge is -2.12. The van der Waals surface area contributed by atoms with E-state index in [1.165, 1.54) is 16.3 Å². The van der Waals surface area contributed by atoms with Crippen molar-refractivity contribution in [1.82, 2.24) is 14.1 Å². The summed E-state index contributed by atoms with van der Waals surface area (Å²) in [5.74, 6) is 0. The van der Waals surface area contributed by atoms with Crippen LogP contribution in [0, 0.1) is 0 Å². The van der Waals surface area contributed by atoms with E-state index >= 15 is 0 Å².